The molecule has 0 N–H and O–H groups in total. The van der Waals surface area contributed by atoms with Crippen LogP contribution >= 0.6 is 0 Å². The van der Waals surface area contributed by atoms with Crippen molar-refractivity contribution in [3.8, 4) is 0 Å². The molecule has 3 aliphatic heterocycles. The van der Waals surface area contributed by atoms with Crippen molar-refractivity contribution < 1.29 is 0 Å². The Labute approximate surface area is 103 Å². The molecule has 3 fully saturated rings. The molecule has 1 aromatic rings. The van der Waals surface area contributed by atoms with Gasteiger partial charge in [0, 0.05) is 50.2 Å². The van der Waals surface area contributed by atoms with E-state index in [1.165, 1.54) is 25.1 Å². The minimum absolute atomic E-state index is 0.695. The molecule has 17 heavy (non-hydrogen) atoms. The Balaban J connectivity index is 1.62. The summed E-state index contributed by atoms with van der Waals surface area (Å²) >= 11 is 0. The first-order chi connectivity index (χ1) is 8.24. The predicted octanol–water partition coefficient (Wildman–Crippen LogP) is 1.75. The van der Waals surface area contributed by atoms with Gasteiger partial charge in [0.1, 0.15) is 0 Å². The molecule has 1 aromatic heterocycles. The summed E-state index contributed by atoms with van der Waals surface area (Å²) in [5.41, 5.74) is 1.35. The van der Waals surface area contributed by atoms with Crippen molar-refractivity contribution in [2.45, 2.75) is 44.9 Å². The summed E-state index contributed by atoms with van der Waals surface area (Å²) in [7, 11) is 0. The normalized spacial score (nSPS) is 29.4. The molecule has 4 rings (SSSR count). The fourth-order valence-corrected chi connectivity index (χ4v) is 3.10. The number of aromatic nitrogens is 1. The molecule has 0 amide bonds. The van der Waals surface area contributed by atoms with Crippen molar-refractivity contribution in [1.82, 2.24) is 14.8 Å². The summed E-state index contributed by atoms with van der Waals surface area (Å²) in [5, 5.41) is 0. The molecule has 3 heteroatoms. The van der Waals surface area contributed by atoms with E-state index in [-0.39, 0.29) is 0 Å². The third kappa shape index (κ3) is 2.09. The van der Waals surface area contributed by atoms with E-state index >= 15 is 0 Å². The number of rotatable bonds is 3. The van der Waals surface area contributed by atoms with Crippen LogP contribution in [0.2, 0.25) is 0 Å². The summed E-state index contributed by atoms with van der Waals surface area (Å²) in [6.07, 6.45) is 5.23. The molecule has 3 nitrogen and oxygen atoms in total. The maximum absolute atomic E-state index is 4.20. The van der Waals surface area contributed by atoms with Gasteiger partial charge in [0.25, 0.3) is 0 Å². The zero-order valence-electron chi connectivity index (χ0n) is 10.7. The maximum Gasteiger partial charge on any atom is 0.0312 e. The first-order valence-electron chi connectivity index (χ1n) is 6.62. The monoisotopic (exact) mass is 231 g/mol. The van der Waals surface area contributed by atoms with Gasteiger partial charge in [-0.3, -0.25) is 14.8 Å². The minimum Gasteiger partial charge on any atom is -0.298 e. The Morgan fingerprint density at radius 3 is 2.71 bits per heavy atom. The molecule has 3 saturated heterocycles. The second-order valence-corrected chi connectivity index (χ2v) is 5.62. The highest BCUT2D eigenvalue weighted by Gasteiger charge is 2.44. The largest absolute Gasteiger partial charge is 0.298 e. The fourth-order valence-electron chi connectivity index (χ4n) is 3.10. The Kier molecular flexibility index (Phi) is 2.89. The van der Waals surface area contributed by atoms with Crippen LogP contribution in [0.25, 0.3) is 0 Å². The van der Waals surface area contributed by atoms with Gasteiger partial charge in [0.05, 0.1) is 0 Å². The van der Waals surface area contributed by atoms with Crippen LogP contribution in [0.3, 0.4) is 0 Å². The van der Waals surface area contributed by atoms with Crippen LogP contribution in [0.4, 0.5) is 0 Å². The lowest BCUT2D eigenvalue weighted by molar-refractivity contribution is -0.0835. The molecule has 2 unspecified atom stereocenters. The molecule has 0 saturated carbocycles. The van der Waals surface area contributed by atoms with Crippen LogP contribution in [0, 0.1) is 0 Å². The Morgan fingerprint density at radius 2 is 2.12 bits per heavy atom. The molecule has 0 aliphatic carbocycles. The first kappa shape index (κ1) is 11.2. The highest BCUT2D eigenvalue weighted by atomic mass is 15.4. The first-order valence-corrected chi connectivity index (χ1v) is 6.62. The number of fused-ring (bicyclic) bond motifs is 2. The predicted molar refractivity (Wildman–Crippen MR) is 68.7 cm³/mol. The van der Waals surface area contributed by atoms with E-state index in [1.807, 2.05) is 18.5 Å². The number of hydrogen-bond donors (Lipinski definition) is 0. The molecule has 2 atom stereocenters. The topological polar surface area (TPSA) is 19.4 Å². The average molecular weight is 231 g/mol. The van der Waals surface area contributed by atoms with E-state index < -0.39 is 0 Å². The zero-order chi connectivity index (χ0) is 11.8. The van der Waals surface area contributed by atoms with Crippen LogP contribution in [0.1, 0.15) is 25.8 Å². The zero-order valence-corrected chi connectivity index (χ0v) is 10.7. The van der Waals surface area contributed by atoms with Crippen molar-refractivity contribution in [2.24, 2.45) is 0 Å². The van der Waals surface area contributed by atoms with Crippen molar-refractivity contribution in [3.63, 3.8) is 0 Å². The molecule has 92 valence electrons. The quantitative estimate of drug-likeness (QED) is 0.790. The summed E-state index contributed by atoms with van der Waals surface area (Å²) in [5.74, 6) is 0. The van der Waals surface area contributed by atoms with Crippen molar-refractivity contribution in [2.75, 3.05) is 13.1 Å². The van der Waals surface area contributed by atoms with Gasteiger partial charge >= 0.3 is 0 Å². The van der Waals surface area contributed by atoms with E-state index in [9.17, 15) is 0 Å². The molecule has 2 bridgehead atoms. The van der Waals surface area contributed by atoms with Crippen LogP contribution < -0.4 is 0 Å². The average Bonchev–Trinajstić information content (AvgIpc) is 2.37. The Morgan fingerprint density at radius 1 is 1.35 bits per heavy atom. The van der Waals surface area contributed by atoms with E-state index in [0.29, 0.717) is 6.04 Å². The third-order valence-electron chi connectivity index (χ3n) is 4.19. The summed E-state index contributed by atoms with van der Waals surface area (Å²) in [4.78, 5) is 9.45. The van der Waals surface area contributed by atoms with Gasteiger partial charge in [-0.15, -0.1) is 0 Å². The molecule has 0 aromatic carbocycles. The van der Waals surface area contributed by atoms with Crippen LogP contribution in [-0.4, -0.2) is 46.0 Å². The Hall–Kier alpha value is -0.930. The van der Waals surface area contributed by atoms with Crippen LogP contribution in [0.15, 0.2) is 24.5 Å². The lowest BCUT2D eigenvalue weighted by Crippen LogP contribution is -2.68. The molecular formula is C14H21N3. The third-order valence-corrected chi connectivity index (χ3v) is 4.19. The maximum atomic E-state index is 4.20. The summed E-state index contributed by atoms with van der Waals surface area (Å²) in [6.45, 7) is 8.17. The number of piperazine rings is 1. The standard InChI is InChI=1S/C14H21N3/c1-11(2)16-9-13-6-14(10-16)17(13)8-12-4-3-5-15-7-12/h3-5,7,11,13-14H,6,8-10H2,1-2H3. The van der Waals surface area contributed by atoms with Crippen molar-refractivity contribution in [3.05, 3.63) is 30.1 Å². The lowest BCUT2D eigenvalue weighted by atomic mass is 9.86. The lowest BCUT2D eigenvalue weighted by Gasteiger charge is -2.57. The van der Waals surface area contributed by atoms with E-state index in [1.54, 1.807) is 0 Å². The van der Waals surface area contributed by atoms with E-state index in [2.05, 4.69) is 34.7 Å². The summed E-state index contributed by atoms with van der Waals surface area (Å²) in [6, 6.07) is 6.46. The van der Waals surface area contributed by atoms with Gasteiger partial charge in [-0.2, -0.15) is 0 Å². The van der Waals surface area contributed by atoms with Gasteiger partial charge in [-0.25, -0.2) is 0 Å². The fraction of sp³-hybridized carbons (Fsp3) is 0.643. The highest BCUT2D eigenvalue weighted by Crippen LogP contribution is 2.34. The van der Waals surface area contributed by atoms with Gasteiger partial charge in [-0.05, 0) is 31.9 Å². The van der Waals surface area contributed by atoms with Gasteiger partial charge < -0.3 is 0 Å². The number of nitrogens with zero attached hydrogens (tertiary/aromatic N) is 3. The molecule has 0 spiro atoms. The number of pyridine rings is 1. The second-order valence-electron chi connectivity index (χ2n) is 5.62. The van der Waals surface area contributed by atoms with Crippen LogP contribution in [0.5, 0.6) is 0 Å². The highest BCUT2D eigenvalue weighted by molar-refractivity contribution is 5.12. The van der Waals surface area contributed by atoms with E-state index in [0.717, 1.165) is 18.6 Å². The second kappa shape index (κ2) is 4.39. The molecule has 3 aliphatic rings. The number of hydrogen-bond acceptors (Lipinski definition) is 3. The van der Waals surface area contributed by atoms with Gasteiger partial charge in [0.2, 0.25) is 0 Å². The van der Waals surface area contributed by atoms with Crippen LogP contribution in [-0.2, 0) is 6.54 Å². The van der Waals surface area contributed by atoms with E-state index in [4.69, 9.17) is 0 Å². The molecule has 0 radical (unpaired) electrons. The molecular weight excluding hydrogens is 210 g/mol. The minimum atomic E-state index is 0.695. The SMILES string of the molecule is CC(C)N1CC2CC(C1)N2Cc1cccnc1. The number of piperidine rings is 1. The Bertz CT molecular complexity index is 364. The van der Waals surface area contributed by atoms with Crippen molar-refractivity contribution >= 4 is 0 Å². The van der Waals surface area contributed by atoms with Gasteiger partial charge in [-0.1, -0.05) is 6.07 Å². The summed E-state index contributed by atoms with van der Waals surface area (Å²) < 4.78 is 0. The molecule has 4 heterocycles. The smallest absolute Gasteiger partial charge is 0.0312 e. The van der Waals surface area contributed by atoms with Gasteiger partial charge in [0.15, 0.2) is 0 Å². The van der Waals surface area contributed by atoms with Crippen molar-refractivity contribution in [1.29, 1.82) is 0 Å².